The molecule has 1 N–H and O–H groups in total. The number of amides is 1. The maximum Gasteiger partial charge on any atom is 0.231 e. The van der Waals surface area contributed by atoms with E-state index in [0.717, 1.165) is 30.7 Å². The lowest BCUT2D eigenvalue weighted by atomic mass is 9.82. The Morgan fingerprint density at radius 1 is 1.14 bits per heavy atom. The van der Waals surface area contributed by atoms with E-state index in [0.29, 0.717) is 0 Å². The number of rotatable bonds is 3. The van der Waals surface area contributed by atoms with Crippen molar-refractivity contribution >= 4 is 11.6 Å². The highest BCUT2D eigenvalue weighted by molar-refractivity contribution is 5.96. The fraction of sp³-hybridized carbons (Fsp3) is 0.278. The Hall–Kier alpha value is -2.29. The van der Waals surface area contributed by atoms with E-state index in [-0.39, 0.29) is 11.8 Å². The molecule has 0 saturated carbocycles. The maximum atomic E-state index is 12.5. The van der Waals surface area contributed by atoms with Crippen LogP contribution in [0.2, 0.25) is 0 Å². The van der Waals surface area contributed by atoms with E-state index >= 15 is 0 Å². The Bertz CT molecular complexity index is 634. The van der Waals surface area contributed by atoms with Gasteiger partial charge in [0, 0.05) is 5.69 Å². The predicted octanol–water partition coefficient (Wildman–Crippen LogP) is 3.75. The van der Waals surface area contributed by atoms with Gasteiger partial charge in [-0.15, -0.1) is 0 Å². The summed E-state index contributed by atoms with van der Waals surface area (Å²) < 4.78 is 5.12. The van der Waals surface area contributed by atoms with Gasteiger partial charge in [0.05, 0.1) is 13.0 Å². The number of hydrogen-bond acceptors (Lipinski definition) is 2. The normalized spacial score (nSPS) is 16.9. The van der Waals surface area contributed by atoms with Gasteiger partial charge in [-0.2, -0.15) is 0 Å². The second-order valence-corrected chi connectivity index (χ2v) is 5.36. The highest BCUT2D eigenvalue weighted by atomic mass is 16.5. The van der Waals surface area contributed by atoms with Crippen LogP contribution in [0.25, 0.3) is 0 Å². The van der Waals surface area contributed by atoms with Crippen LogP contribution in [-0.4, -0.2) is 13.0 Å². The minimum Gasteiger partial charge on any atom is -0.497 e. The van der Waals surface area contributed by atoms with Crippen molar-refractivity contribution in [2.24, 2.45) is 0 Å². The molecule has 1 aliphatic carbocycles. The molecule has 0 fully saturated rings. The van der Waals surface area contributed by atoms with Crippen molar-refractivity contribution in [1.82, 2.24) is 0 Å². The summed E-state index contributed by atoms with van der Waals surface area (Å²) in [5.74, 6) is 0.820. The van der Waals surface area contributed by atoms with Gasteiger partial charge in [0.1, 0.15) is 5.75 Å². The number of nitrogens with one attached hydrogen (secondary N) is 1. The second-order valence-electron chi connectivity index (χ2n) is 5.36. The molecule has 0 aromatic heterocycles. The van der Waals surface area contributed by atoms with Crippen molar-refractivity contribution < 1.29 is 9.53 Å². The number of aryl methyl sites for hydroxylation is 1. The number of fused-ring (bicyclic) bond motifs is 1. The van der Waals surface area contributed by atoms with Crippen LogP contribution in [0.5, 0.6) is 5.75 Å². The second kappa shape index (κ2) is 6.00. The molecule has 1 amide bonds. The quantitative estimate of drug-likeness (QED) is 0.930. The van der Waals surface area contributed by atoms with E-state index in [9.17, 15) is 4.79 Å². The summed E-state index contributed by atoms with van der Waals surface area (Å²) in [6.45, 7) is 0. The van der Waals surface area contributed by atoms with Crippen molar-refractivity contribution in [3.8, 4) is 5.75 Å². The zero-order valence-corrected chi connectivity index (χ0v) is 12.1. The highest BCUT2D eigenvalue weighted by Crippen LogP contribution is 2.32. The van der Waals surface area contributed by atoms with Gasteiger partial charge in [-0.1, -0.05) is 24.3 Å². The molecule has 3 heteroatoms. The van der Waals surface area contributed by atoms with Crippen LogP contribution in [-0.2, 0) is 11.2 Å². The van der Waals surface area contributed by atoms with Crippen LogP contribution in [0, 0.1) is 0 Å². The molecule has 3 nitrogen and oxygen atoms in total. The zero-order valence-electron chi connectivity index (χ0n) is 12.1. The standard InChI is InChI=1S/C18H19NO2/c1-21-15-11-9-14(10-12-15)19-18(20)17-8-4-6-13-5-2-3-7-16(13)17/h2-3,5,7,9-12,17H,4,6,8H2,1H3,(H,19,20)/t17-/m0/s1. The third-order valence-corrected chi connectivity index (χ3v) is 4.04. The van der Waals surface area contributed by atoms with Gasteiger partial charge in [0.25, 0.3) is 0 Å². The first-order chi connectivity index (χ1) is 10.3. The molecule has 0 spiro atoms. The summed E-state index contributed by atoms with van der Waals surface area (Å²) in [5.41, 5.74) is 3.29. The summed E-state index contributed by atoms with van der Waals surface area (Å²) >= 11 is 0. The monoisotopic (exact) mass is 281 g/mol. The van der Waals surface area contributed by atoms with E-state index in [1.165, 1.54) is 11.1 Å². The largest absolute Gasteiger partial charge is 0.497 e. The summed E-state index contributed by atoms with van der Waals surface area (Å²) in [7, 11) is 1.63. The molecule has 3 rings (SSSR count). The first-order valence-electron chi connectivity index (χ1n) is 7.30. The fourth-order valence-electron chi connectivity index (χ4n) is 2.93. The van der Waals surface area contributed by atoms with Gasteiger partial charge >= 0.3 is 0 Å². The third-order valence-electron chi connectivity index (χ3n) is 4.04. The summed E-state index contributed by atoms with van der Waals surface area (Å²) in [6, 6.07) is 15.7. The zero-order chi connectivity index (χ0) is 14.7. The van der Waals surface area contributed by atoms with Crippen molar-refractivity contribution in [2.45, 2.75) is 25.2 Å². The van der Waals surface area contributed by atoms with E-state index in [4.69, 9.17) is 4.74 Å². The predicted molar refractivity (Wildman–Crippen MR) is 83.7 cm³/mol. The molecule has 1 aliphatic rings. The molecular weight excluding hydrogens is 262 g/mol. The molecule has 0 bridgehead atoms. The first kappa shape index (κ1) is 13.7. The lowest BCUT2D eigenvalue weighted by Gasteiger charge is -2.24. The molecule has 2 aromatic rings. The van der Waals surface area contributed by atoms with Crippen LogP contribution in [0.15, 0.2) is 48.5 Å². The first-order valence-corrected chi connectivity index (χ1v) is 7.30. The van der Waals surface area contributed by atoms with Crippen LogP contribution >= 0.6 is 0 Å². The average Bonchev–Trinajstić information content (AvgIpc) is 2.55. The van der Waals surface area contributed by atoms with E-state index in [1.54, 1.807) is 7.11 Å². The molecule has 21 heavy (non-hydrogen) atoms. The van der Waals surface area contributed by atoms with Crippen LogP contribution < -0.4 is 10.1 Å². The number of carbonyl (C=O) groups is 1. The number of hydrogen-bond donors (Lipinski definition) is 1. The number of methoxy groups -OCH3 is 1. The number of benzene rings is 2. The van der Waals surface area contributed by atoms with Crippen LogP contribution in [0.3, 0.4) is 0 Å². The van der Waals surface area contributed by atoms with Gasteiger partial charge in [-0.25, -0.2) is 0 Å². The summed E-state index contributed by atoms with van der Waals surface area (Å²) in [6.07, 6.45) is 3.05. The van der Waals surface area contributed by atoms with Gasteiger partial charge in [0.15, 0.2) is 0 Å². The molecule has 108 valence electrons. The summed E-state index contributed by atoms with van der Waals surface area (Å²) in [4.78, 5) is 12.5. The number of carbonyl (C=O) groups excluding carboxylic acids is 1. The SMILES string of the molecule is COc1ccc(NC(=O)[C@H]2CCCc3ccccc32)cc1. The Labute approximate surface area is 124 Å². The van der Waals surface area contributed by atoms with E-state index < -0.39 is 0 Å². The molecule has 0 heterocycles. The smallest absolute Gasteiger partial charge is 0.231 e. The topological polar surface area (TPSA) is 38.3 Å². The summed E-state index contributed by atoms with van der Waals surface area (Å²) in [5, 5.41) is 3.01. The van der Waals surface area contributed by atoms with Gasteiger partial charge < -0.3 is 10.1 Å². The average molecular weight is 281 g/mol. The minimum absolute atomic E-state index is 0.0444. The van der Waals surface area contributed by atoms with Gasteiger partial charge in [-0.05, 0) is 54.7 Å². The minimum atomic E-state index is -0.0444. The lowest BCUT2D eigenvalue weighted by Crippen LogP contribution is -2.24. The maximum absolute atomic E-state index is 12.5. The number of anilines is 1. The Kier molecular flexibility index (Phi) is 3.91. The Balaban J connectivity index is 1.76. The molecule has 2 aromatic carbocycles. The van der Waals surface area contributed by atoms with E-state index in [1.807, 2.05) is 36.4 Å². The van der Waals surface area contributed by atoms with Crippen molar-refractivity contribution in [3.63, 3.8) is 0 Å². The van der Waals surface area contributed by atoms with Crippen molar-refractivity contribution in [3.05, 3.63) is 59.7 Å². The molecule has 0 radical (unpaired) electrons. The molecule has 0 unspecified atom stereocenters. The number of ether oxygens (including phenoxy) is 1. The van der Waals surface area contributed by atoms with Gasteiger partial charge in [-0.3, -0.25) is 4.79 Å². The lowest BCUT2D eigenvalue weighted by molar-refractivity contribution is -0.117. The van der Waals surface area contributed by atoms with E-state index in [2.05, 4.69) is 17.4 Å². The Morgan fingerprint density at radius 2 is 1.90 bits per heavy atom. The molecule has 0 aliphatic heterocycles. The highest BCUT2D eigenvalue weighted by Gasteiger charge is 2.26. The van der Waals surface area contributed by atoms with Crippen molar-refractivity contribution in [1.29, 1.82) is 0 Å². The van der Waals surface area contributed by atoms with Gasteiger partial charge in [0.2, 0.25) is 5.91 Å². The van der Waals surface area contributed by atoms with Crippen LogP contribution in [0.1, 0.15) is 29.9 Å². The van der Waals surface area contributed by atoms with Crippen molar-refractivity contribution in [2.75, 3.05) is 12.4 Å². The fourth-order valence-corrected chi connectivity index (χ4v) is 2.93. The third kappa shape index (κ3) is 2.92. The molecule has 1 atom stereocenters. The molecular formula is C18H19NO2. The molecule has 0 saturated heterocycles. The Morgan fingerprint density at radius 3 is 2.67 bits per heavy atom. The van der Waals surface area contributed by atoms with Crippen LogP contribution in [0.4, 0.5) is 5.69 Å².